The quantitative estimate of drug-likeness (QED) is 0.800. The number of piperidine rings is 2. The van der Waals surface area contributed by atoms with Gasteiger partial charge in [-0.2, -0.15) is 0 Å². The van der Waals surface area contributed by atoms with Crippen LogP contribution in [0, 0.1) is 6.92 Å². The fraction of sp³-hybridized carbons (Fsp3) is 0.545. The van der Waals surface area contributed by atoms with Crippen LogP contribution in [0.2, 0.25) is 0 Å². The van der Waals surface area contributed by atoms with Crippen molar-refractivity contribution in [1.82, 2.24) is 14.8 Å². The first kappa shape index (κ1) is 18.6. The number of carbonyl (C=O) groups is 1. The molecule has 0 bridgehead atoms. The number of rotatable bonds is 3. The number of hydrogen-bond acceptors (Lipinski definition) is 4. The van der Waals surface area contributed by atoms with Gasteiger partial charge in [0, 0.05) is 19.0 Å². The Hall–Kier alpha value is -1.72. The van der Waals surface area contributed by atoms with Gasteiger partial charge in [0.2, 0.25) is 0 Å². The summed E-state index contributed by atoms with van der Waals surface area (Å²) in [5, 5.41) is 1.03. The molecule has 0 radical (unpaired) electrons. The molecule has 5 heteroatoms. The van der Waals surface area contributed by atoms with Gasteiger partial charge in [-0.05, 0) is 58.7 Å². The molecule has 2 aliphatic heterocycles. The van der Waals surface area contributed by atoms with E-state index < -0.39 is 0 Å². The molecule has 2 aliphatic rings. The van der Waals surface area contributed by atoms with Crippen molar-refractivity contribution in [2.75, 3.05) is 20.1 Å². The van der Waals surface area contributed by atoms with E-state index in [-0.39, 0.29) is 11.4 Å². The van der Waals surface area contributed by atoms with Crippen LogP contribution in [0.5, 0.6) is 0 Å². The monoisotopic (exact) mass is 383 g/mol. The lowest BCUT2D eigenvalue weighted by molar-refractivity contribution is -0.0344. The zero-order chi connectivity index (χ0) is 19.0. The molecule has 27 heavy (non-hydrogen) atoms. The van der Waals surface area contributed by atoms with E-state index in [4.69, 9.17) is 4.98 Å². The summed E-state index contributed by atoms with van der Waals surface area (Å²) in [5.74, 6) is 0.187. The van der Waals surface area contributed by atoms with E-state index in [0.717, 1.165) is 54.4 Å². The molecule has 0 spiro atoms. The number of amides is 1. The molecule has 0 N–H and O–H groups in total. The second-order valence-electron chi connectivity index (χ2n) is 8.24. The number of carbonyl (C=O) groups excluding carboxylic acids is 1. The fourth-order valence-corrected chi connectivity index (χ4v) is 6.03. The number of thiazole rings is 1. The minimum atomic E-state index is -0.0572. The van der Waals surface area contributed by atoms with Gasteiger partial charge < -0.3 is 9.80 Å². The minimum absolute atomic E-state index is 0.0572. The molecule has 0 saturated carbocycles. The number of likely N-dealkylation sites (N-methyl/N-ethyl adjacent to an activating group) is 1. The van der Waals surface area contributed by atoms with Crippen LogP contribution >= 0.6 is 11.3 Å². The largest absolute Gasteiger partial charge is 0.331 e. The number of fused-ring (bicyclic) bond motifs is 1. The van der Waals surface area contributed by atoms with Crippen LogP contribution in [0.15, 0.2) is 30.3 Å². The van der Waals surface area contributed by atoms with Gasteiger partial charge in [0.15, 0.2) is 0 Å². The fourth-order valence-electron chi connectivity index (χ4n) is 4.98. The first-order valence-electron chi connectivity index (χ1n) is 10.0. The normalized spacial score (nSPS) is 26.0. The average Bonchev–Trinajstić information content (AvgIpc) is 3.01. The van der Waals surface area contributed by atoms with Crippen LogP contribution in [0.3, 0.4) is 0 Å². The molecular formula is C22H29N3OS. The summed E-state index contributed by atoms with van der Waals surface area (Å²) in [4.78, 5) is 23.7. The molecule has 0 aliphatic carbocycles. The van der Waals surface area contributed by atoms with E-state index in [1.54, 1.807) is 11.3 Å². The summed E-state index contributed by atoms with van der Waals surface area (Å²) in [6.07, 6.45) is 5.34. The van der Waals surface area contributed by atoms with E-state index in [1.165, 1.54) is 12.0 Å². The van der Waals surface area contributed by atoms with Gasteiger partial charge in [-0.3, -0.25) is 4.79 Å². The van der Waals surface area contributed by atoms with Crippen molar-refractivity contribution < 1.29 is 4.79 Å². The molecule has 1 amide bonds. The maximum Gasteiger partial charge on any atom is 0.266 e. The van der Waals surface area contributed by atoms with Crippen LogP contribution in [-0.4, -0.2) is 52.4 Å². The summed E-state index contributed by atoms with van der Waals surface area (Å²) in [6, 6.07) is 10.8. The number of benzene rings is 1. The van der Waals surface area contributed by atoms with E-state index in [9.17, 15) is 4.79 Å². The molecule has 4 nitrogen and oxygen atoms in total. The van der Waals surface area contributed by atoms with Crippen molar-refractivity contribution in [1.29, 1.82) is 0 Å². The maximum atomic E-state index is 13.5. The second kappa shape index (κ2) is 7.36. The van der Waals surface area contributed by atoms with E-state index >= 15 is 0 Å². The van der Waals surface area contributed by atoms with Gasteiger partial charge in [-0.25, -0.2) is 4.98 Å². The molecule has 2 saturated heterocycles. The highest BCUT2D eigenvalue weighted by Gasteiger charge is 2.48. The van der Waals surface area contributed by atoms with Crippen molar-refractivity contribution in [3.63, 3.8) is 0 Å². The lowest BCUT2D eigenvalue weighted by Crippen LogP contribution is -2.66. The maximum absolute atomic E-state index is 13.5. The van der Waals surface area contributed by atoms with Crippen LogP contribution in [0.25, 0.3) is 0 Å². The van der Waals surface area contributed by atoms with Crippen molar-refractivity contribution in [2.24, 2.45) is 0 Å². The zero-order valence-corrected chi connectivity index (χ0v) is 17.4. The zero-order valence-electron chi connectivity index (χ0n) is 16.6. The highest BCUT2D eigenvalue weighted by atomic mass is 32.1. The average molecular weight is 384 g/mol. The topological polar surface area (TPSA) is 36.4 Å². The first-order chi connectivity index (χ1) is 13.0. The molecule has 4 rings (SSSR count). The van der Waals surface area contributed by atoms with Crippen molar-refractivity contribution in [3.05, 3.63) is 51.5 Å². The van der Waals surface area contributed by atoms with Crippen LogP contribution in [0.1, 0.15) is 58.5 Å². The molecule has 2 aromatic rings. The van der Waals surface area contributed by atoms with Crippen molar-refractivity contribution in [2.45, 2.75) is 57.5 Å². The Morgan fingerprint density at radius 3 is 2.81 bits per heavy atom. The van der Waals surface area contributed by atoms with Gasteiger partial charge in [-0.1, -0.05) is 30.3 Å². The summed E-state index contributed by atoms with van der Waals surface area (Å²) >= 11 is 1.58. The van der Waals surface area contributed by atoms with Gasteiger partial charge in [0.25, 0.3) is 5.91 Å². The number of aromatic nitrogens is 1. The highest BCUT2D eigenvalue weighted by molar-refractivity contribution is 7.13. The lowest BCUT2D eigenvalue weighted by Gasteiger charge is -2.55. The van der Waals surface area contributed by atoms with Crippen LogP contribution in [0.4, 0.5) is 0 Å². The summed E-state index contributed by atoms with van der Waals surface area (Å²) < 4.78 is 0. The Morgan fingerprint density at radius 1 is 1.26 bits per heavy atom. The number of likely N-dealkylation sites (tertiary alicyclic amines) is 2. The number of hydrogen-bond donors (Lipinski definition) is 0. The van der Waals surface area contributed by atoms with E-state index in [1.807, 2.05) is 13.0 Å². The van der Waals surface area contributed by atoms with Gasteiger partial charge in [0.1, 0.15) is 4.88 Å². The molecule has 144 valence electrons. The third-order valence-corrected chi connectivity index (χ3v) is 7.54. The Labute approximate surface area is 166 Å². The first-order valence-corrected chi connectivity index (χ1v) is 10.8. The van der Waals surface area contributed by atoms with Crippen LogP contribution < -0.4 is 0 Å². The van der Waals surface area contributed by atoms with Crippen molar-refractivity contribution >= 4 is 17.2 Å². The predicted molar refractivity (Wildman–Crippen MR) is 110 cm³/mol. The SMILES string of the molecule is Cc1nc(Cc2ccccc2)sc1C(=O)N1CCC[C@@H]2N(C)CCC[C@@]21C. The Balaban J connectivity index is 1.59. The Bertz CT molecular complexity index is 818. The smallest absolute Gasteiger partial charge is 0.266 e. The van der Waals surface area contributed by atoms with E-state index in [2.05, 4.69) is 48.0 Å². The lowest BCUT2D eigenvalue weighted by atomic mass is 9.76. The Kier molecular flexibility index (Phi) is 5.08. The summed E-state index contributed by atoms with van der Waals surface area (Å²) in [5.41, 5.74) is 2.06. The third-order valence-electron chi connectivity index (χ3n) is 6.40. The molecule has 3 heterocycles. The molecule has 1 aromatic carbocycles. The predicted octanol–water partition coefficient (Wildman–Crippen LogP) is 4.13. The molecule has 2 atom stereocenters. The standard InChI is InChI=1S/C22H29N3OS/c1-16-20(27-19(23-16)15-17-9-5-4-6-10-17)21(26)25-14-7-11-18-22(25,2)12-8-13-24(18)3/h4-6,9-10,18H,7-8,11-15H2,1-3H3/t18-,22-/m0/s1. The molecule has 2 fully saturated rings. The Morgan fingerprint density at radius 2 is 2.04 bits per heavy atom. The van der Waals surface area contributed by atoms with Crippen molar-refractivity contribution in [3.8, 4) is 0 Å². The molecular weight excluding hydrogens is 354 g/mol. The molecule has 0 unspecified atom stereocenters. The summed E-state index contributed by atoms with van der Waals surface area (Å²) in [7, 11) is 2.21. The van der Waals surface area contributed by atoms with E-state index in [0.29, 0.717) is 6.04 Å². The number of aryl methyl sites for hydroxylation is 1. The second-order valence-corrected chi connectivity index (χ2v) is 9.32. The van der Waals surface area contributed by atoms with Gasteiger partial charge in [-0.15, -0.1) is 11.3 Å². The minimum Gasteiger partial charge on any atom is -0.331 e. The van der Waals surface area contributed by atoms with Gasteiger partial charge >= 0.3 is 0 Å². The summed E-state index contributed by atoms with van der Waals surface area (Å²) in [6.45, 7) is 6.29. The van der Waals surface area contributed by atoms with Gasteiger partial charge in [0.05, 0.1) is 16.2 Å². The number of nitrogens with zero attached hydrogens (tertiary/aromatic N) is 3. The van der Waals surface area contributed by atoms with Crippen LogP contribution in [-0.2, 0) is 6.42 Å². The highest BCUT2D eigenvalue weighted by Crippen LogP contribution is 2.40. The molecule has 1 aromatic heterocycles. The third kappa shape index (κ3) is 3.43.